The summed E-state index contributed by atoms with van der Waals surface area (Å²) in [6, 6.07) is 14.2. The first kappa shape index (κ1) is 37.7. The smallest absolute Gasteiger partial charge is 0.304 e. The molecule has 2 aromatic carbocycles. The molecule has 3 N–H and O–H groups in total. The number of aryl methyl sites for hydroxylation is 1. The van der Waals surface area contributed by atoms with Gasteiger partial charge in [0.25, 0.3) is 11.8 Å². The summed E-state index contributed by atoms with van der Waals surface area (Å²) in [6.45, 7) is 7.38. The summed E-state index contributed by atoms with van der Waals surface area (Å²) in [5.74, 6) is -2.61. The van der Waals surface area contributed by atoms with Gasteiger partial charge in [0.15, 0.2) is 5.69 Å². The molecular formula is C40H53N5O6. The lowest BCUT2D eigenvalue weighted by molar-refractivity contribution is -0.141. The Morgan fingerprint density at radius 1 is 0.961 bits per heavy atom. The number of nitrogens with zero attached hydrogens (tertiary/aromatic N) is 4. The third kappa shape index (κ3) is 9.05. The number of aliphatic carboxylic acids is 1. The molecule has 1 aromatic heterocycles. The molecule has 0 saturated heterocycles. The Bertz CT molecular complexity index is 1690. The Kier molecular flexibility index (Phi) is 13.0. The number of aliphatic hydroxyl groups excluding tert-OH is 1. The standard InChI is InChI=1S/C40H53N5O6/c1-4-6-19-43(20-7-5-2)40(51)35-21-27(3)45(42-35)36-18-17-31(41-38(49)33(24-37(47)48)28-13-9-8-10-14-28)23-34(36)39(50)44-25-30-16-12-11-15-29(30)22-32(44)26-46/h11-12,15-18,21,23,28,32-33,46H,4-10,13-14,19-20,22,24-26H2,1-3H3,(H,41,49)(H,47,48). The molecule has 3 amide bonds. The normalized spacial score (nSPS) is 16.7. The van der Waals surface area contributed by atoms with Crippen molar-refractivity contribution < 1.29 is 29.4 Å². The van der Waals surface area contributed by atoms with Gasteiger partial charge in [0, 0.05) is 31.0 Å². The largest absolute Gasteiger partial charge is 0.481 e. The molecule has 0 radical (unpaired) electrons. The van der Waals surface area contributed by atoms with Crippen molar-refractivity contribution in [2.45, 2.75) is 104 Å². The lowest BCUT2D eigenvalue weighted by Gasteiger charge is -2.36. The number of carboxylic acids is 1. The van der Waals surface area contributed by atoms with Crippen molar-refractivity contribution in [3.63, 3.8) is 0 Å². The highest BCUT2D eigenvalue weighted by Crippen LogP contribution is 2.34. The van der Waals surface area contributed by atoms with Crippen molar-refractivity contribution in [3.05, 3.63) is 76.6 Å². The van der Waals surface area contributed by atoms with Crippen molar-refractivity contribution >= 4 is 29.4 Å². The number of amides is 3. The molecule has 274 valence electrons. The monoisotopic (exact) mass is 699 g/mol. The van der Waals surface area contributed by atoms with E-state index >= 15 is 0 Å². The number of aliphatic hydroxyl groups is 1. The predicted molar refractivity (Wildman–Crippen MR) is 196 cm³/mol. The molecule has 2 atom stereocenters. The number of nitrogens with one attached hydrogen (secondary N) is 1. The van der Waals surface area contributed by atoms with E-state index in [2.05, 4.69) is 19.2 Å². The summed E-state index contributed by atoms with van der Waals surface area (Å²) in [6.07, 6.45) is 8.56. The van der Waals surface area contributed by atoms with Gasteiger partial charge in [-0.1, -0.05) is 70.2 Å². The zero-order chi connectivity index (χ0) is 36.5. The summed E-state index contributed by atoms with van der Waals surface area (Å²) < 4.78 is 1.60. The quantitative estimate of drug-likeness (QED) is 0.167. The molecule has 2 aliphatic rings. The van der Waals surface area contributed by atoms with Crippen molar-refractivity contribution in [1.82, 2.24) is 19.6 Å². The molecule has 11 nitrogen and oxygen atoms in total. The number of carboxylic acid groups (broad SMARTS) is 1. The van der Waals surface area contributed by atoms with E-state index in [1.807, 2.05) is 36.1 Å². The minimum Gasteiger partial charge on any atom is -0.481 e. The van der Waals surface area contributed by atoms with E-state index in [0.717, 1.165) is 68.9 Å². The van der Waals surface area contributed by atoms with Gasteiger partial charge in [-0.25, -0.2) is 4.68 Å². The van der Waals surface area contributed by atoms with Gasteiger partial charge < -0.3 is 25.3 Å². The van der Waals surface area contributed by atoms with Crippen LogP contribution in [0.15, 0.2) is 48.5 Å². The molecule has 1 aliphatic heterocycles. The van der Waals surface area contributed by atoms with Crippen LogP contribution in [0.4, 0.5) is 5.69 Å². The third-order valence-electron chi connectivity index (χ3n) is 10.5. The molecule has 1 aliphatic carbocycles. The van der Waals surface area contributed by atoms with Crippen LogP contribution in [0, 0.1) is 18.8 Å². The maximum absolute atomic E-state index is 14.6. The van der Waals surface area contributed by atoms with Gasteiger partial charge in [-0.3, -0.25) is 19.2 Å². The zero-order valence-corrected chi connectivity index (χ0v) is 30.3. The molecule has 2 heterocycles. The van der Waals surface area contributed by atoms with Gasteiger partial charge in [-0.15, -0.1) is 0 Å². The second-order valence-electron chi connectivity index (χ2n) is 14.1. The summed E-state index contributed by atoms with van der Waals surface area (Å²) in [4.78, 5) is 57.4. The second kappa shape index (κ2) is 17.6. The second-order valence-corrected chi connectivity index (χ2v) is 14.1. The minimum absolute atomic E-state index is 0.0224. The molecule has 1 saturated carbocycles. The first-order valence-corrected chi connectivity index (χ1v) is 18.7. The van der Waals surface area contributed by atoms with Crippen LogP contribution >= 0.6 is 0 Å². The zero-order valence-electron chi connectivity index (χ0n) is 30.3. The fraction of sp³-hybridized carbons (Fsp3) is 0.525. The van der Waals surface area contributed by atoms with Crippen LogP contribution in [0.2, 0.25) is 0 Å². The van der Waals surface area contributed by atoms with E-state index in [9.17, 15) is 29.4 Å². The Balaban J connectivity index is 1.53. The Labute approximate surface area is 301 Å². The van der Waals surface area contributed by atoms with E-state index in [4.69, 9.17) is 5.10 Å². The molecule has 51 heavy (non-hydrogen) atoms. The number of fused-ring (bicyclic) bond motifs is 1. The van der Waals surface area contributed by atoms with Gasteiger partial charge >= 0.3 is 5.97 Å². The lowest BCUT2D eigenvalue weighted by Crippen LogP contribution is -2.46. The van der Waals surface area contributed by atoms with Crippen LogP contribution in [-0.2, 0) is 22.6 Å². The highest BCUT2D eigenvalue weighted by atomic mass is 16.4. The van der Waals surface area contributed by atoms with Gasteiger partial charge in [-0.2, -0.15) is 5.10 Å². The van der Waals surface area contributed by atoms with E-state index in [0.29, 0.717) is 48.8 Å². The summed E-state index contributed by atoms with van der Waals surface area (Å²) in [7, 11) is 0. The number of rotatable bonds is 15. The SMILES string of the molecule is CCCCN(CCCC)C(=O)c1cc(C)n(-c2ccc(NC(=O)C(CC(=O)O)C3CCCCC3)cc2C(=O)N2Cc3ccccc3CC2CO)n1. The van der Waals surface area contributed by atoms with Crippen LogP contribution < -0.4 is 5.32 Å². The number of aromatic nitrogens is 2. The molecule has 11 heteroatoms. The summed E-state index contributed by atoms with van der Waals surface area (Å²) >= 11 is 0. The highest BCUT2D eigenvalue weighted by Gasteiger charge is 2.34. The number of carbonyl (C=O) groups excluding carboxylic acids is 3. The van der Waals surface area contributed by atoms with Crippen molar-refractivity contribution in [3.8, 4) is 5.69 Å². The van der Waals surface area contributed by atoms with Crippen LogP contribution in [-0.4, -0.2) is 79.2 Å². The molecule has 0 bridgehead atoms. The average molecular weight is 700 g/mol. The molecular weight excluding hydrogens is 646 g/mol. The van der Waals surface area contributed by atoms with Crippen molar-refractivity contribution in [2.24, 2.45) is 11.8 Å². The number of carbonyl (C=O) groups is 4. The van der Waals surface area contributed by atoms with Crippen LogP contribution in [0.5, 0.6) is 0 Å². The highest BCUT2D eigenvalue weighted by molar-refractivity contribution is 6.01. The van der Waals surface area contributed by atoms with Gasteiger partial charge in [-0.05, 0) is 80.3 Å². The molecule has 0 spiro atoms. The number of benzene rings is 2. The molecule has 1 fully saturated rings. The first-order chi connectivity index (χ1) is 24.6. The Morgan fingerprint density at radius 3 is 2.29 bits per heavy atom. The summed E-state index contributed by atoms with van der Waals surface area (Å²) in [5, 5.41) is 27.8. The van der Waals surface area contributed by atoms with Crippen LogP contribution in [0.3, 0.4) is 0 Å². The molecule has 5 rings (SSSR count). The Morgan fingerprint density at radius 2 is 1.65 bits per heavy atom. The maximum Gasteiger partial charge on any atom is 0.304 e. The topological polar surface area (TPSA) is 145 Å². The third-order valence-corrected chi connectivity index (χ3v) is 10.5. The fourth-order valence-corrected chi connectivity index (χ4v) is 7.54. The van der Waals surface area contributed by atoms with E-state index < -0.39 is 17.9 Å². The predicted octanol–water partition coefficient (Wildman–Crippen LogP) is 6.39. The Hall–Kier alpha value is -4.51. The van der Waals surface area contributed by atoms with Crippen molar-refractivity contribution in [1.29, 1.82) is 0 Å². The maximum atomic E-state index is 14.6. The van der Waals surface area contributed by atoms with E-state index in [-0.39, 0.29) is 42.2 Å². The lowest BCUT2D eigenvalue weighted by atomic mass is 9.78. The fourth-order valence-electron chi connectivity index (χ4n) is 7.54. The number of hydrogen-bond acceptors (Lipinski definition) is 6. The van der Waals surface area contributed by atoms with E-state index in [1.54, 1.807) is 33.8 Å². The minimum atomic E-state index is -1.02. The number of unbranched alkanes of at least 4 members (excludes halogenated alkanes) is 2. The average Bonchev–Trinajstić information content (AvgIpc) is 3.53. The number of hydrogen-bond donors (Lipinski definition) is 3. The van der Waals surface area contributed by atoms with Crippen molar-refractivity contribution in [2.75, 3.05) is 25.0 Å². The number of anilines is 1. The first-order valence-electron chi connectivity index (χ1n) is 18.7. The van der Waals surface area contributed by atoms with Gasteiger partial charge in [0.2, 0.25) is 5.91 Å². The van der Waals surface area contributed by atoms with Gasteiger partial charge in [0.05, 0.1) is 36.2 Å². The van der Waals surface area contributed by atoms with E-state index in [1.165, 1.54) is 0 Å². The van der Waals surface area contributed by atoms with Crippen LogP contribution in [0.1, 0.15) is 116 Å². The molecule has 3 aromatic rings. The summed E-state index contributed by atoms with van der Waals surface area (Å²) in [5.41, 5.74) is 4.08. The van der Waals surface area contributed by atoms with Crippen LogP contribution in [0.25, 0.3) is 5.69 Å². The van der Waals surface area contributed by atoms with Gasteiger partial charge in [0.1, 0.15) is 0 Å². The molecule has 2 unspecified atom stereocenters.